The molecule has 4 heterocycles. The van der Waals surface area contributed by atoms with E-state index in [0.29, 0.717) is 18.1 Å². The summed E-state index contributed by atoms with van der Waals surface area (Å²) in [5.74, 6) is 0. The molecular formula is C16H18N6O2S. The van der Waals surface area contributed by atoms with Gasteiger partial charge in [0.2, 0.25) is 0 Å². The van der Waals surface area contributed by atoms with Gasteiger partial charge in [0.15, 0.2) is 4.96 Å². The van der Waals surface area contributed by atoms with Gasteiger partial charge in [-0.05, 0) is 26.3 Å². The molecule has 3 aromatic rings. The summed E-state index contributed by atoms with van der Waals surface area (Å²) >= 11 is 1.37. The smallest absolute Gasteiger partial charge is 0.322 e. The summed E-state index contributed by atoms with van der Waals surface area (Å²) in [6.07, 6.45) is 3.91. The van der Waals surface area contributed by atoms with E-state index in [9.17, 15) is 9.59 Å². The lowest BCUT2D eigenvalue weighted by Crippen LogP contribution is -2.35. The molecule has 0 spiro atoms. The van der Waals surface area contributed by atoms with E-state index < -0.39 is 0 Å². The summed E-state index contributed by atoms with van der Waals surface area (Å²) in [4.78, 5) is 31.4. The molecular weight excluding hydrogens is 340 g/mol. The minimum Gasteiger partial charge on any atom is -0.322 e. The number of hydrogen-bond acceptors (Lipinski definition) is 5. The number of likely N-dealkylation sites (tertiary alicyclic amines) is 1. The Labute approximate surface area is 147 Å². The highest BCUT2D eigenvalue weighted by Gasteiger charge is 2.29. The average molecular weight is 358 g/mol. The zero-order chi connectivity index (χ0) is 17.6. The van der Waals surface area contributed by atoms with E-state index in [1.807, 2.05) is 24.6 Å². The van der Waals surface area contributed by atoms with Crippen molar-refractivity contribution in [2.75, 3.05) is 18.4 Å². The van der Waals surface area contributed by atoms with Gasteiger partial charge in [-0.1, -0.05) is 0 Å². The molecule has 1 fully saturated rings. The zero-order valence-corrected chi connectivity index (χ0v) is 14.8. The fourth-order valence-electron chi connectivity index (χ4n) is 3.25. The topological polar surface area (TPSA) is 84.5 Å². The van der Waals surface area contributed by atoms with Crippen LogP contribution in [0.25, 0.3) is 4.96 Å². The van der Waals surface area contributed by atoms with Gasteiger partial charge in [0.25, 0.3) is 5.56 Å². The predicted octanol–water partition coefficient (Wildman–Crippen LogP) is 2.05. The van der Waals surface area contributed by atoms with Gasteiger partial charge in [-0.15, -0.1) is 11.3 Å². The molecule has 1 aliphatic heterocycles. The predicted molar refractivity (Wildman–Crippen MR) is 95.3 cm³/mol. The number of anilines is 1. The zero-order valence-electron chi connectivity index (χ0n) is 14.0. The van der Waals surface area contributed by atoms with Crippen LogP contribution >= 0.6 is 11.3 Å². The lowest BCUT2D eigenvalue weighted by Gasteiger charge is -2.17. The maximum absolute atomic E-state index is 12.5. The number of urea groups is 1. The molecule has 0 radical (unpaired) electrons. The number of carbonyl (C=O) groups excluding carboxylic acids is 1. The molecule has 0 unspecified atom stereocenters. The van der Waals surface area contributed by atoms with Gasteiger partial charge in [0.1, 0.15) is 5.69 Å². The number of nitrogens with zero attached hydrogens (tertiary/aromatic N) is 5. The van der Waals surface area contributed by atoms with Crippen molar-refractivity contribution >= 4 is 28.0 Å². The number of aromatic nitrogens is 4. The van der Waals surface area contributed by atoms with Gasteiger partial charge in [0, 0.05) is 30.4 Å². The monoisotopic (exact) mass is 358 g/mol. The lowest BCUT2D eigenvalue weighted by molar-refractivity contribution is 0.220. The van der Waals surface area contributed by atoms with Crippen LogP contribution in [0.5, 0.6) is 0 Å². The van der Waals surface area contributed by atoms with Crippen LogP contribution in [0.15, 0.2) is 28.6 Å². The van der Waals surface area contributed by atoms with Crippen LogP contribution in [0.1, 0.15) is 23.9 Å². The Morgan fingerprint density at radius 1 is 1.40 bits per heavy atom. The summed E-state index contributed by atoms with van der Waals surface area (Å²) in [6, 6.07) is 1.92. The second-order valence-corrected chi connectivity index (χ2v) is 7.10. The Balaban J connectivity index is 1.49. The Bertz CT molecular complexity index is 1000. The molecule has 0 saturated carbocycles. The number of fused-ring (bicyclic) bond motifs is 1. The second-order valence-electron chi connectivity index (χ2n) is 6.22. The quantitative estimate of drug-likeness (QED) is 0.760. The summed E-state index contributed by atoms with van der Waals surface area (Å²) in [5, 5.41) is 8.99. The van der Waals surface area contributed by atoms with E-state index in [2.05, 4.69) is 15.4 Å². The maximum Gasteiger partial charge on any atom is 0.322 e. The van der Waals surface area contributed by atoms with E-state index in [0.717, 1.165) is 17.8 Å². The molecule has 4 rings (SSSR count). The SMILES string of the molecule is Cc1cc(C)n([C@H]2CCN(C(=O)Nc3cnc4sccn4c3=O)C2)n1. The lowest BCUT2D eigenvalue weighted by atomic mass is 10.2. The van der Waals surface area contributed by atoms with Crippen molar-refractivity contribution in [2.24, 2.45) is 0 Å². The molecule has 130 valence electrons. The first-order chi connectivity index (χ1) is 12.0. The third kappa shape index (κ3) is 2.80. The Hall–Kier alpha value is -2.68. The highest BCUT2D eigenvalue weighted by atomic mass is 32.1. The molecule has 9 heteroatoms. The van der Waals surface area contributed by atoms with Crippen LogP contribution < -0.4 is 10.9 Å². The first-order valence-corrected chi connectivity index (χ1v) is 8.94. The van der Waals surface area contributed by atoms with Crippen LogP contribution in [-0.2, 0) is 0 Å². The van der Waals surface area contributed by atoms with Crippen molar-refractivity contribution in [3.05, 3.63) is 45.6 Å². The highest BCUT2D eigenvalue weighted by molar-refractivity contribution is 7.15. The molecule has 25 heavy (non-hydrogen) atoms. The molecule has 1 saturated heterocycles. The number of carbonyl (C=O) groups is 1. The molecule has 0 bridgehead atoms. The fraction of sp³-hybridized carbons (Fsp3) is 0.375. The largest absolute Gasteiger partial charge is 0.322 e. The van der Waals surface area contributed by atoms with Gasteiger partial charge in [-0.2, -0.15) is 5.10 Å². The molecule has 0 aliphatic carbocycles. The minimum atomic E-state index is -0.280. The summed E-state index contributed by atoms with van der Waals surface area (Å²) in [7, 11) is 0. The van der Waals surface area contributed by atoms with E-state index in [1.54, 1.807) is 16.5 Å². The Morgan fingerprint density at radius 2 is 2.24 bits per heavy atom. The van der Waals surface area contributed by atoms with E-state index in [1.165, 1.54) is 21.9 Å². The summed E-state index contributed by atoms with van der Waals surface area (Å²) < 4.78 is 3.42. The molecule has 1 aliphatic rings. The summed E-state index contributed by atoms with van der Waals surface area (Å²) in [5.41, 5.74) is 1.99. The molecule has 1 atom stereocenters. The van der Waals surface area contributed by atoms with E-state index in [4.69, 9.17) is 0 Å². The van der Waals surface area contributed by atoms with Gasteiger partial charge in [-0.3, -0.25) is 13.9 Å². The van der Waals surface area contributed by atoms with Crippen LogP contribution in [0.3, 0.4) is 0 Å². The van der Waals surface area contributed by atoms with Crippen molar-refractivity contribution in [1.29, 1.82) is 0 Å². The normalized spacial score (nSPS) is 17.4. The molecule has 2 amide bonds. The Morgan fingerprint density at radius 3 is 3.00 bits per heavy atom. The first-order valence-electron chi connectivity index (χ1n) is 8.06. The fourth-order valence-corrected chi connectivity index (χ4v) is 3.92. The standard InChI is InChI=1S/C16H18N6O2S/c1-10-7-11(2)22(19-10)12-3-4-20(9-12)15(24)18-13-8-17-16-21(14(13)23)5-6-25-16/h5-8,12H,3-4,9H2,1-2H3,(H,18,24)/t12-/m0/s1. The molecule has 1 N–H and O–H groups in total. The minimum absolute atomic E-state index is 0.165. The van der Waals surface area contributed by atoms with Crippen LogP contribution in [-0.4, -0.2) is 43.2 Å². The number of amides is 2. The van der Waals surface area contributed by atoms with Crippen molar-refractivity contribution in [3.63, 3.8) is 0 Å². The Kier molecular flexibility index (Phi) is 3.79. The number of thiazole rings is 1. The van der Waals surface area contributed by atoms with Crippen LogP contribution in [0.4, 0.5) is 10.5 Å². The van der Waals surface area contributed by atoms with Crippen LogP contribution in [0.2, 0.25) is 0 Å². The first kappa shape index (κ1) is 15.8. The van der Waals surface area contributed by atoms with Gasteiger partial charge in [-0.25, -0.2) is 9.78 Å². The summed E-state index contributed by atoms with van der Waals surface area (Å²) in [6.45, 7) is 5.18. The van der Waals surface area contributed by atoms with Crippen molar-refractivity contribution in [3.8, 4) is 0 Å². The van der Waals surface area contributed by atoms with Crippen LogP contribution in [0, 0.1) is 13.8 Å². The van der Waals surface area contributed by atoms with E-state index in [-0.39, 0.29) is 23.3 Å². The van der Waals surface area contributed by atoms with E-state index >= 15 is 0 Å². The third-order valence-corrected chi connectivity index (χ3v) is 5.20. The second kappa shape index (κ2) is 5.99. The van der Waals surface area contributed by atoms with Gasteiger partial charge < -0.3 is 10.2 Å². The average Bonchev–Trinajstić information content (AvgIpc) is 3.29. The van der Waals surface area contributed by atoms with Gasteiger partial charge in [0.05, 0.1) is 17.9 Å². The van der Waals surface area contributed by atoms with Crippen molar-refractivity contribution in [1.82, 2.24) is 24.1 Å². The maximum atomic E-state index is 12.5. The van der Waals surface area contributed by atoms with Crippen molar-refractivity contribution < 1.29 is 4.79 Å². The number of aryl methyl sites for hydroxylation is 2. The van der Waals surface area contributed by atoms with Gasteiger partial charge >= 0.3 is 6.03 Å². The molecule has 8 nitrogen and oxygen atoms in total. The molecule has 0 aromatic carbocycles. The number of rotatable bonds is 2. The highest BCUT2D eigenvalue weighted by Crippen LogP contribution is 2.23. The number of hydrogen-bond donors (Lipinski definition) is 1. The number of nitrogens with one attached hydrogen (secondary N) is 1. The van der Waals surface area contributed by atoms with Crippen molar-refractivity contribution in [2.45, 2.75) is 26.3 Å². The third-order valence-electron chi connectivity index (χ3n) is 4.43. The molecule has 3 aromatic heterocycles.